The number of anilines is 1. The molecule has 12 heavy (non-hydrogen) atoms. The summed E-state index contributed by atoms with van der Waals surface area (Å²) >= 11 is 0. The molecule has 1 aromatic carbocycles. The summed E-state index contributed by atoms with van der Waals surface area (Å²) in [5, 5.41) is 0. The average Bonchev–Trinajstić information content (AvgIpc) is 2.54. The van der Waals surface area contributed by atoms with E-state index < -0.39 is 0 Å². The second-order valence-corrected chi connectivity index (χ2v) is 3.01. The van der Waals surface area contributed by atoms with Gasteiger partial charge in [-0.25, -0.2) is 0 Å². The van der Waals surface area contributed by atoms with Crippen molar-refractivity contribution in [1.82, 2.24) is 4.90 Å². The van der Waals surface area contributed by atoms with E-state index in [-0.39, 0.29) is 0 Å². The Bertz CT molecular complexity index is 245. The lowest BCUT2D eigenvalue weighted by Gasteiger charge is -2.15. The van der Waals surface area contributed by atoms with Crippen LogP contribution in [0.2, 0.25) is 0 Å². The van der Waals surface area contributed by atoms with Crippen molar-refractivity contribution in [3.05, 3.63) is 37.0 Å². The third kappa shape index (κ3) is 1.43. The molecule has 0 atom stereocenters. The summed E-state index contributed by atoms with van der Waals surface area (Å²) in [5.74, 6) is 0. The Hall–Kier alpha value is -1.02. The molecule has 2 heteroatoms. The second kappa shape index (κ2) is 3.15. The first-order valence-electron chi connectivity index (χ1n) is 4.16. The van der Waals surface area contributed by atoms with Crippen molar-refractivity contribution in [2.45, 2.75) is 0 Å². The van der Waals surface area contributed by atoms with Gasteiger partial charge in [-0.05, 0) is 19.2 Å². The van der Waals surface area contributed by atoms with Crippen LogP contribution < -0.4 is 4.90 Å². The predicted octanol–water partition coefficient (Wildman–Crippen LogP) is 1.43. The molecule has 1 heterocycles. The number of para-hydroxylation sites is 1. The number of hydrogen-bond acceptors (Lipinski definition) is 2. The van der Waals surface area contributed by atoms with Gasteiger partial charge in [0.15, 0.2) is 6.67 Å². The summed E-state index contributed by atoms with van der Waals surface area (Å²) in [4.78, 5) is 4.22. The highest BCUT2D eigenvalue weighted by Crippen LogP contribution is 2.18. The second-order valence-electron chi connectivity index (χ2n) is 3.01. The Kier molecular flexibility index (Phi) is 2.00. The van der Waals surface area contributed by atoms with E-state index in [0.29, 0.717) is 0 Å². The van der Waals surface area contributed by atoms with Crippen molar-refractivity contribution in [3.63, 3.8) is 0 Å². The Morgan fingerprint density at radius 3 is 2.50 bits per heavy atom. The van der Waals surface area contributed by atoms with Crippen LogP contribution in [-0.2, 0) is 0 Å². The summed E-state index contributed by atoms with van der Waals surface area (Å²) in [6.07, 6.45) is 0. The topological polar surface area (TPSA) is 6.48 Å². The van der Waals surface area contributed by atoms with Gasteiger partial charge in [0.25, 0.3) is 0 Å². The van der Waals surface area contributed by atoms with Crippen LogP contribution in [0.25, 0.3) is 0 Å². The molecule has 0 bridgehead atoms. The van der Waals surface area contributed by atoms with E-state index in [9.17, 15) is 0 Å². The maximum atomic E-state index is 3.24. The minimum Gasteiger partial charge on any atom is -0.345 e. The van der Waals surface area contributed by atoms with Crippen molar-refractivity contribution in [3.8, 4) is 0 Å². The summed E-state index contributed by atoms with van der Waals surface area (Å²) in [7, 11) is 2.04. The molecule has 62 valence electrons. The molecule has 0 aromatic heterocycles. The summed E-state index contributed by atoms with van der Waals surface area (Å²) in [5.41, 5.74) is 1.22. The van der Waals surface area contributed by atoms with Crippen molar-refractivity contribution >= 4 is 5.69 Å². The van der Waals surface area contributed by atoms with E-state index in [1.807, 2.05) is 13.1 Å². The highest BCUT2D eigenvalue weighted by Gasteiger charge is 2.17. The zero-order valence-corrected chi connectivity index (χ0v) is 7.20. The number of benzene rings is 1. The summed E-state index contributed by atoms with van der Waals surface area (Å²) in [6, 6.07) is 10.3. The fourth-order valence-corrected chi connectivity index (χ4v) is 1.35. The zero-order valence-electron chi connectivity index (χ0n) is 7.20. The summed E-state index contributed by atoms with van der Waals surface area (Å²) < 4.78 is 0. The summed E-state index contributed by atoms with van der Waals surface area (Å²) in [6.45, 7) is 5.34. The monoisotopic (exact) mass is 160 g/mol. The molecule has 0 N–H and O–H groups in total. The maximum absolute atomic E-state index is 3.24. The molecule has 1 fully saturated rings. The van der Waals surface area contributed by atoms with E-state index >= 15 is 0 Å². The van der Waals surface area contributed by atoms with Gasteiger partial charge in [0.2, 0.25) is 0 Å². The normalized spacial score (nSPS) is 18.6. The van der Waals surface area contributed by atoms with Crippen LogP contribution in [-0.4, -0.2) is 25.0 Å². The molecule has 1 aliphatic rings. The minimum absolute atomic E-state index is 1.04. The molecule has 0 saturated carbocycles. The molecule has 2 nitrogen and oxygen atoms in total. The SMILES string of the molecule is CN1[C]N(c2ccccc2)CC1. The average molecular weight is 160 g/mol. The quantitative estimate of drug-likeness (QED) is 0.613. The van der Waals surface area contributed by atoms with E-state index in [1.54, 1.807) is 0 Å². The third-order valence-corrected chi connectivity index (χ3v) is 2.02. The molecular formula is C10H12N2. The van der Waals surface area contributed by atoms with Crippen LogP contribution in [0.1, 0.15) is 0 Å². The van der Waals surface area contributed by atoms with E-state index in [1.165, 1.54) is 5.69 Å². The third-order valence-electron chi connectivity index (χ3n) is 2.02. The van der Waals surface area contributed by atoms with Crippen molar-refractivity contribution in [2.75, 3.05) is 25.0 Å². The van der Waals surface area contributed by atoms with Crippen LogP contribution in [0.5, 0.6) is 0 Å². The van der Waals surface area contributed by atoms with Crippen LogP contribution >= 0.6 is 0 Å². The molecular weight excluding hydrogens is 148 g/mol. The molecule has 2 radical (unpaired) electrons. The highest BCUT2D eigenvalue weighted by atomic mass is 15.4. The Balaban J connectivity index is 2.11. The predicted molar refractivity (Wildman–Crippen MR) is 49.7 cm³/mol. The fourth-order valence-electron chi connectivity index (χ4n) is 1.35. The van der Waals surface area contributed by atoms with E-state index in [2.05, 4.69) is 40.7 Å². The van der Waals surface area contributed by atoms with Gasteiger partial charge in [-0.3, -0.25) is 4.90 Å². The minimum atomic E-state index is 1.04. The standard InChI is InChI=1S/C10H12N2/c1-11-7-8-12(9-11)10-5-3-2-4-6-10/h2-6H,7-8H2,1H3. The maximum Gasteiger partial charge on any atom is 0.177 e. The van der Waals surface area contributed by atoms with Crippen LogP contribution in [0, 0.1) is 6.67 Å². The van der Waals surface area contributed by atoms with Gasteiger partial charge in [0.05, 0.1) is 0 Å². The fraction of sp³-hybridized carbons (Fsp3) is 0.300. The number of hydrogen-bond donors (Lipinski definition) is 0. The molecule has 2 rings (SSSR count). The van der Waals surface area contributed by atoms with Gasteiger partial charge in [0, 0.05) is 18.8 Å². The number of rotatable bonds is 1. The smallest absolute Gasteiger partial charge is 0.177 e. The largest absolute Gasteiger partial charge is 0.345 e. The number of likely N-dealkylation sites (N-methyl/N-ethyl adjacent to an activating group) is 1. The van der Waals surface area contributed by atoms with Crippen LogP contribution in [0.15, 0.2) is 30.3 Å². The lowest BCUT2D eigenvalue weighted by molar-refractivity contribution is 0.480. The van der Waals surface area contributed by atoms with Crippen molar-refractivity contribution in [1.29, 1.82) is 0 Å². The Morgan fingerprint density at radius 1 is 1.17 bits per heavy atom. The Morgan fingerprint density at radius 2 is 1.92 bits per heavy atom. The molecule has 1 aliphatic heterocycles. The van der Waals surface area contributed by atoms with Gasteiger partial charge >= 0.3 is 0 Å². The zero-order chi connectivity index (χ0) is 8.39. The van der Waals surface area contributed by atoms with E-state index in [0.717, 1.165) is 13.1 Å². The molecule has 1 aromatic rings. The first-order valence-corrected chi connectivity index (χ1v) is 4.16. The van der Waals surface area contributed by atoms with Gasteiger partial charge < -0.3 is 4.90 Å². The van der Waals surface area contributed by atoms with Crippen LogP contribution in [0.3, 0.4) is 0 Å². The van der Waals surface area contributed by atoms with Gasteiger partial charge in [0.1, 0.15) is 0 Å². The van der Waals surface area contributed by atoms with Crippen LogP contribution in [0.4, 0.5) is 5.69 Å². The highest BCUT2D eigenvalue weighted by molar-refractivity contribution is 5.48. The lowest BCUT2D eigenvalue weighted by Crippen LogP contribution is -2.15. The van der Waals surface area contributed by atoms with Crippen molar-refractivity contribution in [2.24, 2.45) is 0 Å². The van der Waals surface area contributed by atoms with Crippen molar-refractivity contribution < 1.29 is 0 Å². The Labute approximate surface area is 73.4 Å². The molecule has 0 amide bonds. The lowest BCUT2D eigenvalue weighted by atomic mass is 10.3. The van der Waals surface area contributed by atoms with Gasteiger partial charge in [-0.1, -0.05) is 18.2 Å². The van der Waals surface area contributed by atoms with Gasteiger partial charge in [-0.15, -0.1) is 0 Å². The molecule has 1 saturated heterocycles. The van der Waals surface area contributed by atoms with E-state index in [4.69, 9.17) is 0 Å². The van der Waals surface area contributed by atoms with Gasteiger partial charge in [-0.2, -0.15) is 0 Å². The number of nitrogens with zero attached hydrogens (tertiary/aromatic N) is 2. The first kappa shape index (κ1) is 7.62. The molecule has 0 unspecified atom stereocenters. The first-order chi connectivity index (χ1) is 5.86. The molecule has 0 spiro atoms. The molecule has 0 aliphatic carbocycles.